The SMILES string of the molecule is CCC1(C(C)(C)C)C=C(C(C)(C)C)C=C(C(C)(C)C)C1=NO. The molecule has 1 unspecified atom stereocenters. The average molecular weight is 306 g/mol. The molecule has 0 spiro atoms. The first-order valence-electron chi connectivity index (χ1n) is 8.39. The van der Waals surface area contributed by atoms with Crippen molar-refractivity contribution in [1.82, 2.24) is 0 Å². The van der Waals surface area contributed by atoms with Crippen molar-refractivity contribution in [3.8, 4) is 0 Å². The van der Waals surface area contributed by atoms with Gasteiger partial charge in [0.2, 0.25) is 0 Å². The van der Waals surface area contributed by atoms with E-state index in [1.807, 2.05) is 0 Å². The predicted octanol–water partition coefficient (Wildman–Crippen LogP) is 6.22. The third-order valence-electron chi connectivity index (χ3n) is 5.05. The summed E-state index contributed by atoms with van der Waals surface area (Å²) >= 11 is 0. The first-order chi connectivity index (χ1) is 9.70. The molecule has 2 heteroatoms. The van der Waals surface area contributed by atoms with Crippen LogP contribution in [0.15, 0.2) is 28.5 Å². The van der Waals surface area contributed by atoms with Gasteiger partial charge in [-0.15, -0.1) is 0 Å². The van der Waals surface area contributed by atoms with E-state index in [-0.39, 0.29) is 21.7 Å². The van der Waals surface area contributed by atoms with E-state index in [1.54, 1.807) is 0 Å². The lowest BCUT2D eigenvalue weighted by Crippen LogP contribution is -2.46. The fourth-order valence-corrected chi connectivity index (χ4v) is 3.36. The fourth-order valence-electron chi connectivity index (χ4n) is 3.36. The quantitative estimate of drug-likeness (QED) is 0.453. The first kappa shape index (κ1) is 19.0. The molecule has 0 fully saturated rings. The second kappa shape index (κ2) is 5.54. The lowest BCUT2D eigenvalue weighted by atomic mass is 9.55. The summed E-state index contributed by atoms with van der Waals surface area (Å²) in [6, 6.07) is 0. The van der Waals surface area contributed by atoms with E-state index in [0.717, 1.165) is 17.7 Å². The second-order valence-electron chi connectivity index (χ2n) is 9.68. The van der Waals surface area contributed by atoms with Gasteiger partial charge in [0, 0.05) is 5.41 Å². The van der Waals surface area contributed by atoms with Crippen LogP contribution >= 0.6 is 0 Å². The van der Waals surface area contributed by atoms with Crippen LogP contribution in [0.25, 0.3) is 0 Å². The molecule has 0 aromatic heterocycles. The van der Waals surface area contributed by atoms with E-state index in [9.17, 15) is 5.21 Å². The Kier molecular flexibility index (Phi) is 4.79. The van der Waals surface area contributed by atoms with Crippen molar-refractivity contribution in [1.29, 1.82) is 0 Å². The molecular weight excluding hydrogens is 270 g/mol. The largest absolute Gasteiger partial charge is 0.411 e. The number of rotatable bonds is 1. The molecule has 1 N–H and O–H groups in total. The highest BCUT2D eigenvalue weighted by Gasteiger charge is 2.49. The smallest absolute Gasteiger partial charge is 0.0937 e. The van der Waals surface area contributed by atoms with E-state index >= 15 is 0 Å². The molecule has 0 heterocycles. The zero-order valence-corrected chi connectivity index (χ0v) is 16.3. The maximum absolute atomic E-state index is 9.86. The van der Waals surface area contributed by atoms with Gasteiger partial charge < -0.3 is 5.21 Å². The van der Waals surface area contributed by atoms with Crippen LogP contribution in [-0.2, 0) is 0 Å². The fraction of sp³-hybridized carbons (Fsp3) is 0.750. The van der Waals surface area contributed by atoms with Crippen LogP contribution in [0.2, 0.25) is 0 Å². The van der Waals surface area contributed by atoms with E-state index < -0.39 is 0 Å². The Labute approximate surface area is 137 Å². The maximum Gasteiger partial charge on any atom is 0.0937 e. The molecule has 0 radical (unpaired) electrons. The highest BCUT2D eigenvalue weighted by Crippen LogP contribution is 2.53. The van der Waals surface area contributed by atoms with Gasteiger partial charge in [0.1, 0.15) is 0 Å². The minimum atomic E-state index is -0.248. The Bertz CT molecular complexity index is 515. The molecule has 1 aliphatic rings. The maximum atomic E-state index is 9.86. The van der Waals surface area contributed by atoms with Gasteiger partial charge in [-0.05, 0) is 33.8 Å². The zero-order chi connectivity index (χ0) is 17.6. The average Bonchev–Trinajstić information content (AvgIpc) is 2.33. The van der Waals surface area contributed by atoms with Crippen LogP contribution in [0, 0.1) is 21.7 Å². The molecule has 0 saturated carbocycles. The molecule has 0 aromatic carbocycles. The minimum Gasteiger partial charge on any atom is -0.411 e. The zero-order valence-electron chi connectivity index (χ0n) is 16.3. The summed E-state index contributed by atoms with van der Waals surface area (Å²) in [6.45, 7) is 22.2. The van der Waals surface area contributed by atoms with Crippen molar-refractivity contribution in [2.45, 2.75) is 75.7 Å². The molecule has 0 bridgehead atoms. The van der Waals surface area contributed by atoms with Crippen molar-refractivity contribution in [3.63, 3.8) is 0 Å². The molecule has 0 saturated heterocycles. The van der Waals surface area contributed by atoms with Gasteiger partial charge in [-0.25, -0.2) is 0 Å². The van der Waals surface area contributed by atoms with Crippen molar-refractivity contribution in [2.24, 2.45) is 26.8 Å². The Hall–Kier alpha value is -1.05. The van der Waals surface area contributed by atoms with Gasteiger partial charge in [-0.1, -0.05) is 86.5 Å². The van der Waals surface area contributed by atoms with Crippen molar-refractivity contribution < 1.29 is 5.21 Å². The molecule has 22 heavy (non-hydrogen) atoms. The predicted molar refractivity (Wildman–Crippen MR) is 96.5 cm³/mol. The number of allylic oxidation sites excluding steroid dienone is 4. The summed E-state index contributed by atoms with van der Waals surface area (Å²) < 4.78 is 0. The summed E-state index contributed by atoms with van der Waals surface area (Å²) in [5.41, 5.74) is 3.07. The summed E-state index contributed by atoms with van der Waals surface area (Å²) in [4.78, 5) is 0. The van der Waals surface area contributed by atoms with Crippen LogP contribution in [-0.4, -0.2) is 10.9 Å². The normalized spacial score (nSPS) is 26.0. The lowest BCUT2D eigenvalue weighted by Gasteiger charge is -2.48. The summed E-state index contributed by atoms with van der Waals surface area (Å²) in [6.07, 6.45) is 5.52. The Morgan fingerprint density at radius 3 is 1.73 bits per heavy atom. The minimum absolute atomic E-state index is 0.0232. The number of hydrogen-bond donors (Lipinski definition) is 1. The van der Waals surface area contributed by atoms with Gasteiger partial charge in [0.15, 0.2) is 0 Å². The number of hydrogen-bond acceptors (Lipinski definition) is 2. The molecule has 2 nitrogen and oxygen atoms in total. The summed E-state index contributed by atoms with van der Waals surface area (Å²) in [7, 11) is 0. The van der Waals surface area contributed by atoms with Gasteiger partial charge in [-0.2, -0.15) is 0 Å². The Balaban J connectivity index is 3.79. The molecule has 126 valence electrons. The lowest BCUT2D eigenvalue weighted by molar-refractivity contribution is 0.202. The Morgan fingerprint density at radius 2 is 1.45 bits per heavy atom. The standard InChI is InChI=1S/C20H35NO/c1-11-20(19(8,9)10)13-14(17(2,3)4)12-15(16(20)21-22)18(5,6)7/h12-13,22H,11H2,1-10H3. The van der Waals surface area contributed by atoms with Crippen molar-refractivity contribution >= 4 is 5.71 Å². The van der Waals surface area contributed by atoms with Crippen LogP contribution in [0.4, 0.5) is 0 Å². The highest BCUT2D eigenvalue weighted by atomic mass is 16.4. The molecule has 1 rings (SSSR count). The first-order valence-corrected chi connectivity index (χ1v) is 8.39. The van der Waals surface area contributed by atoms with Crippen LogP contribution in [0.1, 0.15) is 75.7 Å². The number of nitrogens with zero attached hydrogens (tertiary/aromatic N) is 1. The molecular formula is C20H35NO. The monoisotopic (exact) mass is 305 g/mol. The van der Waals surface area contributed by atoms with Gasteiger partial charge in [0.05, 0.1) is 5.71 Å². The molecule has 0 aliphatic heterocycles. The third-order valence-corrected chi connectivity index (χ3v) is 5.05. The molecule has 0 aromatic rings. The van der Waals surface area contributed by atoms with Crippen molar-refractivity contribution in [3.05, 3.63) is 23.3 Å². The summed E-state index contributed by atoms with van der Waals surface area (Å²) in [5.74, 6) is 0. The molecule has 1 atom stereocenters. The van der Waals surface area contributed by atoms with Crippen molar-refractivity contribution in [2.75, 3.05) is 0 Å². The van der Waals surface area contributed by atoms with Crippen LogP contribution in [0.3, 0.4) is 0 Å². The number of oxime groups is 1. The van der Waals surface area contributed by atoms with Gasteiger partial charge in [-0.3, -0.25) is 0 Å². The van der Waals surface area contributed by atoms with E-state index in [4.69, 9.17) is 0 Å². The second-order valence-corrected chi connectivity index (χ2v) is 9.68. The van der Waals surface area contributed by atoms with Gasteiger partial charge in [0.25, 0.3) is 0 Å². The Morgan fingerprint density at radius 1 is 0.955 bits per heavy atom. The highest BCUT2D eigenvalue weighted by molar-refractivity contribution is 6.08. The third kappa shape index (κ3) is 3.16. The molecule has 1 aliphatic carbocycles. The summed E-state index contributed by atoms with van der Waals surface area (Å²) in [5, 5.41) is 13.7. The van der Waals surface area contributed by atoms with E-state index in [0.29, 0.717) is 0 Å². The topological polar surface area (TPSA) is 32.6 Å². The van der Waals surface area contributed by atoms with Gasteiger partial charge >= 0.3 is 0 Å². The van der Waals surface area contributed by atoms with Crippen LogP contribution in [0.5, 0.6) is 0 Å². The van der Waals surface area contributed by atoms with E-state index in [2.05, 4.69) is 86.5 Å². The van der Waals surface area contributed by atoms with E-state index in [1.165, 1.54) is 5.57 Å². The molecule has 0 amide bonds. The van der Waals surface area contributed by atoms with Crippen LogP contribution < -0.4 is 0 Å².